The molecule has 27 heavy (non-hydrogen) atoms. The van der Waals surface area contributed by atoms with Crippen molar-refractivity contribution < 1.29 is 4.74 Å². The zero-order chi connectivity index (χ0) is 18.6. The molecule has 1 aromatic heterocycles. The van der Waals surface area contributed by atoms with Crippen LogP contribution < -0.4 is 10.6 Å². The van der Waals surface area contributed by atoms with Gasteiger partial charge >= 0.3 is 0 Å². The lowest BCUT2D eigenvalue weighted by Gasteiger charge is -2.39. The quantitative estimate of drug-likeness (QED) is 0.820. The van der Waals surface area contributed by atoms with Gasteiger partial charge in [0.05, 0.1) is 6.61 Å². The Balaban J connectivity index is 1.37. The van der Waals surface area contributed by atoms with E-state index in [4.69, 9.17) is 22.7 Å². The molecule has 5 nitrogen and oxygen atoms in total. The summed E-state index contributed by atoms with van der Waals surface area (Å²) in [6.45, 7) is 3.66. The highest BCUT2D eigenvalue weighted by Crippen LogP contribution is 2.32. The van der Waals surface area contributed by atoms with Crippen molar-refractivity contribution in [1.29, 1.82) is 0 Å². The summed E-state index contributed by atoms with van der Waals surface area (Å²) < 4.78 is 6.39. The molecule has 0 amide bonds. The number of fused-ring (bicyclic) bond motifs is 1. The van der Waals surface area contributed by atoms with E-state index in [-0.39, 0.29) is 6.23 Å². The van der Waals surface area contributed by atoms with Gasteiger partial charge in [-0.1, -0.05) is 24.3 Å². The average molecular weight is 383 g/mol. The van der Waals surface area contributed by atoms with Crippen molar-refractivity contribution in [3.8, 4) is 0 Å². The number of aromatic nitrogens is 1. The topological polar surface area (TPSA) is 54.6 Å². The van der Waals surface area contributed by atoms with Gasteiger partial charge in [0.1, 0.15) is 0 Å². The van der Waals surface area contributed by atoms with Gasteiger partial charge in [0.2, 0.25) is 0 Å². The van der Waals surface area contributed by atoms with Crippen molar-refractivity contribution in [2.45, 2.75) is 25.5 Å². The van der Waals surface area contributed by atoms with Crippen molar-refractivity contribution in [3.05, 3.63) is 59.9 Å². The van der Waals surface area contributed by atoms with E-state index in [1.54, 1.807) is 0 Å². The van der Waals surface area contributed by atoms with Gasteiger partial charge < -0.3 is 20.3 Å². The first-order chi connectivity index (χ1) is 13.2. The molecule has 0 spiro atoms. The normalized spacial score (nSPS) is 20.4. The molecule has 1 aromatic carbocycles. The molecular weight excluding hydrogens is 356 g/mol. The van der Waals surface area contributed by atoms with Crippen LogP contribution in [0.5, 0.6) is 0 Å². The van der Waals surface area contributed by atoms with Gasteiger partial charge in [0.25, 0.3) is 0 Å². The van der Waals surface area contributed by atoms with Crippen LogP contribution in [0.2, 0.25) is 0 Å². The second kappa shape index (κ2) is 8.23. The summed E-state index contributed by atoms with van der Waals surface area (Å²) >= 11 is 5.27. The number of ether oxygens (including phenoxy) is 1. The summed E-state index contributed by atoms with van der Waals surface area (Å²) in [5, 5.41) is 0.419. The van der Waals surface area contributed by atoms with Crippen LogP contribution >= 0.6 is 12.2 Å². The van der Waals surface area contributed by atoms with E-state index in [2.05, 4.69) is 46.3 Å². The summed E-state index contributed by atoms with van der Waals surface area (Å²) in [5.41, 5.74) is 9.76. The van der Waals surface area contributed by atoms with Crippen LogP contribution in [0.15, 0.2) is 48.8 Å². The summed E-state index contributed by atoms with van der Waals surface area (Å²) in [7, 11) is 0. The molecule has 1 saturated heterocycles. The minimum absolute atomic E-state index is 0.161. The largest absolute Gasteiger partial charge is 0.376 e. The Kier molecular flexibility index (Phi) is 5.55. The molecule has 142 valence electrons. The molecule has 2 aliphatic rings. The van der Waals surface area contributed by atoms with Gasteiger partial charge in [-0.2, -0.15) is 0 Å². The molecule has 1 atom stereocenters. The Labute approximate surface area is 166 Å². The molecule has 2 aliphatic heterocycles. The van der Waals surface area contributed by atoms with Crippen LogP contribution in [0.25, 0.3) is 0 Å². The maximum absolute atomic E-state index is 6.39. The van der Waals surface area contributed by atoms with Crippen LogP contribution in [0.1, 0.15) is 30.2 Å². The summed E-state index contributed by atoms with van der Waals surface area (Å²) in [6.07, 6.45) is 6.77. The van der Waals surface area contributed by atoms with E-state index < -0.39 is 0 Å². The van der Waals surface area contributed by atoms with Crippen LogP contribution in [0, 0.1) is 5.92 Å². The summed E-state index contributed by atoms with van der Waals surface area (Å²) in [6, 6.07) is 12.6. The standard InChI is InChI=1S/C21H26N4OS/c22-21(27)25-14-9-17-3-1-2-4-19(17)20(25)26-15-16-7-12-24(13-8-16)18-5-10-23-11-6-18/h1-6,10-11,16,20H,7-9,12-15H2,(H2,22,27). The smallest absolute Gasteiger partial charge is 0.168 e. The molecule has 4 rings (SSSR count). The molecule has 0 radical (unpaired) electrons. The third kappa shape index (κ3) is 4.06. The van der Waals surface area contributed by atoms with Crippen molar-refractivity contribution in [2.75, 3.05) is 31.1 Å². The summed E-state index contributed by atoms with van der Waals surface area (Å²) in [5.74, 6) is 0.561. The highest BCUT2D eigenvalue weighted by Gasteiger charge is 2.30. The van der Waals surface area contributed by atoms with Crippen molar-refractivity contribution in [3.63, 3.8) is 0 Å². The number of hydrogen-bond donors (Lipinski definition) is 1. The lowest BCUT2D eigenvalue weighted by molar-refractivity contribution is -0.0515. The van der Waals surface area contributed by atoms with Crippen LogP contribution in [0.3, 0.4) is 0 Å². The third-order valence-corrected chi connectivity index (χ3v) is 5.88. The third-order valence-electron chi connectivity index (χ3n) is 5.64. The monoisotopic (exact) mass is 382 g/mol. The molecule has 2 aromatic rings. The molecule has 3 heterocycles. The zero-order valence-corrected chi connectivity index (χ0v) is 16.3. The minimum atomic E-state index is -0.161. The van der Waals surface area contributed by atoms with E-state index in [0.29, 0.717) is 11.0 Å². The highest BCUT2D eigenvalue weighted by atomic mass is 32.1. The molecule has 1 unspecified atom stereocenters. The fourth-order valence-electron chi connectivity index (χ4n) is 4.07. The van der Waals surface area contributed by atoms with Crippen LogP contribution in [0.4, 0.5) is 5.69 Å². The highest BCUT2D eigenvalue weighted by molar-refractivity contribution is 7.80. The van der Waals surface area contributed by atoms with E-state index in [1.807, 2.05) is 17.3 Å². The molecular formula is C21H26N4OS. The van der Waals surface area contributed by atoms with E-state index in [1.165, 1.54) is 16.8 Å². The SMILES string of the molecule is NC(=S)N1CCc2ccccc2C1OCC1CCN(c2ccncc2)CC1. The first kappa shape index (κ1) is 18.2. The molecule has 0 saturated carbocycles. The average Bonchev–Trinajstić information content (AvgIpc) is 2.72. The van der Waals surface area contributed by atoms with Gasteiger partial charge in [-0.05, 0) is 55.1 Å². The Hall–Kier alpha value is -2.18. The Morgan fingerprint density at radius 1 is 1.11 bits per heavy atom. The van der Waals surface area contributed by atoms with Gasteiger partial charge in [-0.25, -0.2) is 0 Å². The van der Waals surface area contributed by atoms with Crippen molar-refractivity contribution in [2.24, 2.45) is 11.7 Å². The Morgan fingerprint density at radius 2 is 1.85 bits per heavy atom. The first-order valence-corrected chi connectivity index (χ1v) is 10.0. The second-order valence-electron chi connectivity index (χ2n) is 7.30. The van der Waals surface area contributed by atoms with Crippen molar-refractivity contribution >= 4 is 23.0 Å². The number of hydrogen-bond acceptors (Lipinski definition) is 4. The Morgan fingerprint density at radius 3 is 2.59 bits per heavy atom. The molecule has 0 aliphatic carbocycles. The number of nitrogens with zero attached hydrogens (tertiary/aromatic N) is 3. The number of benzene rings is 1. The van der Waals surface area contributed by atoms with E-state index >= 15 is 0 Å². The van der Waals surface area contributed by atoms with Crippen LogP contribution in [-0.4, -0.2) is 41.2 Å². The molecule has 1 fully saturated rings. The van der Waals surface area contributed by atoms with Gasteiger partial charge in [-0.3, -0.25) is 4.98 Å². The number of anilines is 1. The maximum atomic E-state index is 6.39. The minimum Gasteiger partial charge on any atom is -0.376 e. The number of thiocarbonyl (C=S) groups is 1. The van der Waals surface area contributed by atoms with Gasteiger partial charge in [0, 0.05) is 43.3 Å². The number of piperidine rings is 1. The fraction of sp³-hybridized carbons (Fsp3) is 0.429. The van der Waals surface area contributed by atoms with Gasteiger partial charge in [-0.15, -0.1) is 0 Å². The van der Waals surface area contributed by atoms with E-state index in [0.717, 1.165) is 45.5 Å². The van der Waals surface area contributed by atoms with Crippen LogP contribution in [-0.2, 0) is 11.2 Å². The second-order valence-corrected chi connectivity index (χ2v) is 7.72. The zero-order valence-electron chi connectivity index (χ0n) is 15.5. The molecule has 6 heteroatoms. The molecule has 2 N–H and O–H groups in total. The predicted octanol–water partition coefficient (Wildman–Crippen LogP) is 3.12. The lowest BCUT2D eigenvalue weighted by atomic mass is 9.96. The maximum Gasteiger partial charge on any atom is 0.168 e. The number of rotatable bonds is 4. The molecule has 0 bridgehead atoms. The van der Waals surface area contributed by atoms with Gasteiger partial charge in [0.15, 0.2) is 11.3 Å². The number of pyridine rings is 1. The number of nitrogens with two attached hydrogens (primary N) is 1. The van der Waals surface area contributed by atoms with Crippen molar-refractivity contribution in [1.82, 2.24) is 9.88 Å². The summed E-state index contributed by atoms with van der Waals surface area (Å²) in [4.78, 5) is 8.55. The lowest BCUT2D eigenvalue weighted by Crippen LogP contribution is -2.44. The fourth-order valence-corrected chi connectivity index (χ4v) is 4.26. The first-order valence-electron chi connectivity index (χ1n) is 9.63. The predicted molar refractivity (Wildman–Crippen MR) is 112 cm³/mol. The van der Waals surface area contributed by atoms with E-state index in [9.17, 15) is 0 Å². The Bertz CT molecular complexity index is 777.